The van der Waals surface area contributed by atoms with E-state index >= 15 is 0 Å². The number of para-hydroxylation sites is 1. The molecular weight excluding hydrogens is 496 g/mol. The monoisotopic (exact) mass is 532 g/mol. The largest absolute Gasteiger partial charge is 0.388 e. The molecule has 0 bridgehead atoms. The van der Waals surface area contributed by atoms with Crippen LogP contribution in [-0.2, 0) is 4.79 Å². The number of Topliss-reactive ketones (excluding diaryl/α,β-unsaturated/α-hetero) is 1. The number of nitrogens with zero attached hydrogens (tertiary/aromatic N) is 1. The van der Waals surface area contributed by atoms with Crippen molar-refractivity contribution in [1.29, 1.82) is 5.41 Å². The first-order chi connectivity index (χ1) is 19.4. The van der Waals surface area contributed by atoms with Crippen LogP contribution in [-0.4, -0.2) is 22.5 Å². The molecule has 4 N–H and O–H groups in total. The van der Waals surface area contributed by atoms with Crippen molar-refractivity contribution in [3.63, 3.8) is 0 Å². The van der Waals surface area contributed by atoms with Crippen LogP contribution >= 0.6 is 0 Å². The highest BCUT2D eigenvalue weighted by Gasteiger charge is 2.24. The van der Waals surface area contributed by atoms with Crippen molar-refractivity contribution in [3.8, 4) is 11.1 Å². The van der Waals surface area contributed by atoms with E-state index in [1.165, 1.54) is 5.56 Å². The third kappa shape index (κ3) is 6.63. The Hall–Kier alpha value is -4.32. The molecule has 3 aromatic carbocycles. The number of nitrogens with two attached hydrogens (primary N) is 1. The fourth-order valence-electron chi connectivity index (χ4n) is 5.79. The number of pyridine rings is 1. The van der Waals surface area contributed by atoms with Gasteiger partial charge in [-0.3, -0.25) is 20.0 Å². The average molecular weight is 533 g/mol. The van der Waals surface area contributed by atoms with Gasteiger partial charge in [0.05, 0.1) is 16.9 Å². The van der Waals surface area contributed by atoms with Gasteiger partial charge in [0.1, 0.15) is 5.78 Å². The third-order valence-electron chi connectivity index (χ3n) is 7.97. The van der Waals surface area contributed by atoms with Crippen molar-refractivity contribution in [2.24, 2.45) is 11.7 Å². The lowest BCUT2D eigenvalue weighted by molar-refractivity contribution is -0.120. The Bertz CT molecular complexity index is 1520. The average Bonchev–Trinajstić information content (AvgIpc) is 2.96. The van der Waals surface area contributed by atoms with Gasteiger partial charge in [-0.25, -0.2) is 0 Å². The van der Waals surface area contributed by atoms with Crippen LogP contribution in [0.5, 0.6) is 0 Å². The molecule has 1 aliphatic rings. The number of nitrogens with one attached hydrogen (secondary N) is 2. The maximum absolute atomic E-state index is 13.1. The molecule has 0 spiro atoms. The number of rotatable bonds is 9. The highest BCUT2D eigenvalue weighted by molar-refractivity contribution is 6.12. The van der Waals surface area contributed by atoms with Crippen LogP contribution in [0.25, 0.3) is 22.0 Å². The number of fused-ring (bicyclic) bond motifs is 1. The Morgan fingerprint density at radius 3 is 2.30 bits per heavy atom. The summed E-state index contributed by atoms with van der Waals surface area (Å²) in [4.78, 5) is 30.0. The number of anilines is 1. The topological polar surface area (TPSA) is 109 Å². The molecule has 1 heterocycles. The molecule has 40 heavy (non-hydrogen) atoms. The number of amides is 1. The van der Waals surface area contributed by atoms with Gasteiger partial charge in [-0.05, 0) is 85.4 Å². The molecule has 5 rings (SSSR count). The lowest BCUT2D eigenvalue weighted by atomic mass is 9.76. The number of aryl methyl sites for hydroxylation is 1. The van der Waals surface area contributed by atoms with Crippen molar-refractivity contribution in [2.45, 2.75) is 57.8 Å². The van der Waals surface area contributed by atoms with Crippen molar-refractivity contribution in [2.75, 3.05) is 5.32 Å². The fourth-order valence-corrected chi connectivity index (χ4v) is 5.79. The molecule has 1 aromatic heterocycles. The minimum atomic E-state index is -0.144. The van der Waals surface area contributed by atoms with Crippen LogP contribution in [0, 0.1) is 18.3 Å². The Morgan fingerprint density at radius 2 is 1.60 bits per heavy atom. The number of benzene rings is 3. The van der Waals surface area contributed by atoms with Gasteiger partial charge < -0.3 is 11.1 Å². The molecule has 1 aliphatic carbocycles. The van der Waals surface area contributed by atoms with Crippen LogP contribution in [0.2, 0.25) is 0 Å². The van der Waals surface area contributed by atoms with E-state index in [4.69, 9.17) is 16.1 Å². The van der Waals surface area contributed by atoms with Crippen LogP contribution in [0.15, 0.2) is 78.9 Å². The molecule has 0 saturated heterocycles. The molecule has 6 heteroatoms. The Labute approximate surface area is 235 Å². The first-order valence-electron chi connectivity index (χ1n) is 14.1. The molecule has 1 amide bonds. The Morgan fingerprint density at radius 1 is 0.900 bits per heavy atom. The summed E-state index contributed by atoms with van der Waals surface area (Å²) in [6.45, 7) is 1.91. The Kier molecular flexibility index (Phi) is 8.34. The number of carbonyl (C=O) groups excluding carboxylic acids is 2. The molecule has 6 nitrogen and oxygen atoms in total. The summed E-state index contributed by atoms with van der Waals surface area (Å²) in [5.41, 5.74) is 11.9. The minimum absolute atomic E-state index is 0.0894. The van der Waals surface area contributed by atoms with Crippen molar-refractivity contribution >= 4 is 34.1 Å². The molecular formula is C34H36N4O2. The lowest BCUT2D eigenvalue weighted by Gasteiger charge is -2.28. The first kappa shape index (κ1) is 27.3. The summed E-state index contributed by atoms with van der Waals surface area (Å²) >= 11 is 0. The predicted octanol–water partition coefficient (Wildman–Crippen LogP) is 7.41. The maximum atomic E-state index is 13.1. The van der Waals surface area contributed by atoms with Crippen LogP contribution in [0.1, 0.15) is 72.5 Å². The quantitative estimate of drug-likeness (QED) is 0.154. The van der Waals surface area contributed by atoms with Gasteiger partial charge in [0, 0.05) is 36.0 Å². The number of carbonyl (C=O) groups is 2. The molecule has 0 aliphatic heterocycles. The molecule has 4 aromatic rings. The third-order valence-corrected chi connectivity index (χ3v) is 7.97. The fraction of sp³-hybridized carbons (Fsp3) is 0.294. The van der Waals surface area contributed by atoms with E-state index in [1.54, 1.807) is 0 Å². The summed E-state index contributed by atoms with van der Waals surface area (Å²) in [6, 6.07) is 26.2. The van der Waals surface area contributed by atoms with E-state index in [0.717, 1.165) is 59.1 Å². The second kappa shape index (κ2) is 12.2. The minimum Gasteiger partial charge on any atom is -0.388 e. The van der Waals surface area contributed by atoms with Crippen molar-refractivity contribution in [3.05, 3.63) is 95.7 Å². The number of hydrogen-bond donors (Lipinski definition) is 3. The van der Waals surface area contributed by atoms with Gasteiger partial charge in [-0.1, -0.05) is 54.6 Å². The van der Waals surface area contributed by atoms with Crippen LogP contribution < -0.4 is 11.1 Å². The predicted molar refractivity (Wildman–Crippen MR) is 162 cm³/mol. The summed E-state index contributed by atoms with van der Waals surface area (Å²) < 4.78 is 0. The molecule has 0 unspecified atom stereocenters. The van der Waals surface area contributed by atoms with Gasteiger partial charge in [0.25, 0.3) is 5.91 Å². The number of ketones is 1. The van der Waals surface area contributed by atoms with Crippen molar-refractivity contribution < 1.29 is 9.59 Å². The SMILES string of the molecule is Cc1cc(C(=O)Nc2ccccc2)c2ccc(-c3ccc(C4CCC(CC(=O)CCC(=N)N)CC4)cc3)cc2n1. The molecule has 1 saturated carbocycles. The Balaban J connectivity index is 1.25. The summed E-state index contributed by atoms with van der Waals surface area (Å²) in [5.74, 6) is 1.14. The van der Waals surface area contributed by atoms with Gasteiger partial charge in [-0.15, -0.1) is 0 Å². The normalized spacial score (nSPS) is 16.9. The first-order valence-corrected chi connectivity index (χ1v) is 14.1. The summed E-state index contributed by atoms with van der Waals surface area (Å²) in [7, 11) is 0. The number of hydrogen-bond acceptors (Lipinski definition) is 4. The van der Waals surface area contributed by atoms with Crippen LogP contribution in [0.4, 0.5) is 5.69 Å². The molecule has 1 fully saturated rings. The van der Waals surface area contributed by atoms with E-state index in [-0.39, 0.29) is 17.5 Å². The van der Waals surface area contributed by atoms with E-state index in [9.17, 15) is 9.59 Å². The zero-order chi connectivity index (χ0) is 28.1. The molecule has 0 atom stereocenters. The van der Waals surface area contributed by atoms with E-state index in [0.29, 0.717) is 36.7 Å². The zero-order valence-corrected chi connectivity index (χ0v) is 23.0. The van der Waals surface area contributed by atoms with E-state index in [2.05, 4.69) is 41.7 Å². The van der Waals surface area contributed by atoms with E-state index in [1.807, 2.05) is 49.4 Å². The van der Waals surface area contributed by atoms with E-state index < -0.39 is 0 Å². The number of amidine groups is 1. The zero-order valence-electron chi connectivity index (χ0n) is 23.0. The second-order valence-electron chi connectivity index (χ2n) is 11.0. The maximum Gasteiger partial charge on any atom is 0.256 e. The standard InChI is InChI=1S/C34H36N4O2/c1-22-19-31(34(40)38-28-5-3-2-4-6-28)30-17-15-27(21-32(30)37-22)26-13-11-25(12-14-26)24-9-7-23(8-10-24)20-29(39)16-18-33(35)36/h2-6,11-15,17,19,21,23-24H,7-10,16,18,20H2,1H3,(H3,35,36)(H,38,40). The van der Waals surface area contributed by atoms with Crippen molar-refractivity contribution in [1.82, 2.24) is 4.98 Å². The highest BCUT2D eigenvalue weighted by atomic mass is 16.1. The summed E-state index contributed by atoms with van der Waals surface area (Å²) in [6.07, 6.45) is 5.70. The van der Waals surface area contributed by atoms with Gasteiger partial charge in [-0.2, -0.15) is 0 Å². The number of aromatic nitrogens is 1. The molecule has 0 radical (unpaired) electrons. The molecule has 204 valence electrons. The lowest BCUT2D eigenvalue weighted by Crippen LogP contribution is -2.18. The van der Waals surface area contributed by atoms with Gasteiger partial charge >= 0.3 is 0 Å². The second-order valence-corrected chi connectivity index (χ2v) is 11.0. The van der Waals surface area contributed by atoms with Crippen LogP contribution in [0.3, 0.4) is 0 Å². The van der Waals surface area contributed by atoms with Gasteiger partial charge in [0.2, 0.25) is 0 Å². The summed E-state index contributed by atoms with van der Waals surface area (Å²) in [5, 5.41) is 11.1. The smallest absolute Gasteiger partial charge is 0.256 e. The highest BCUT2D eigenvalue weighted by Crippen LogP contribution is 2.38. The van der Waals surface area contributed by atoms with Gasteiger partial charge in [0.15, 0.2) is 0 Å².